The van der Waals surface area contributed by atoms with Crippen LogP contribution in [0.5, 0.6) is 0 Å². The van der Waals surface area contributed by atoms with Gasteiger partial charge in [0.1, 0.15) is 25.4 Å². The monoisotopic (exact) mass is 1370 g/mol. The van der Waals surface area contributed by atoms with E-state index in [9.17, 15) is 43.5 Å². The molecule has 0 amide bonds. The van der Waals surface area contributed by atoms with Crippen LogP contribution < -0.4 is 0 Å². The molecule has 5 unspecified atom stereocenters. The average Bonchev–Trinajstić information content (AvgIpc) is 2.86. The second-order valence-electron chi connectivity index (χ2n) is 24.0. The molecule has 0 saturated carbocycles. The van der Waals surface area contributed by atoms with Crippen molar-refractivity contribution in [1.29, 1.82) is 0 Å². The van der Waals surface area contributed by atoms with Crippen LogP contribution in [0.2, 0.25) is 0 Å². The van der Waals surface area contributed by atoms with Crippen LogP contribution in [0.1, 0.15) is 278 Å². The summed E-state index contributed by atoms with van der Waals surface area (Å²) in [4.78, 5) is 58.3. The molecule has 0 radical (unpaired) electrons. The van der Waals surface area contributed by atoms with Crippen molar-refractivity contribution in [3.8, 4) is 0 Å². The van der Waals surface area contributed by atoms with Crippen molar-refractivity contribution in [1.82, 2.24) is 0 Å². The first-order valence-corrected chi connectivity index (χ1v) is 39.5. The van der Waals surface area contributed by atoms with Crippen LogP contribution in [0, 0.1) is 0 Å². The molecule has 4 N–H and O–H groups in total. The Morgan fingerprint density at radius 2 is 0.589 bits per heavy atom. The lowest BCUT2D eigenvalue weighted by Gasteiger charge is -2.21. The molecule has 0 saturated heterocycles. The maximum Gasteiger partial charge on any atom is 0.472 e. The van der Waals surface area contributed by atoms with Crippen molar-refractivity contribution in [2.24, 2.45) is 0 Å². The number of carbonyl (C=O) groups excluding carboxylic acids is 3. The number of allylic oxidation sites excluding steroid dienone is 22. The first-order valence-electron chi connectivity index (χ1n) is 36.5. The molecule has 0 aromatic heterocycles. The molecule has 16 nitrogen and oxygen atoms in total. The van der Waals surface area contributed by atoms with E-state index in [1.165, 1.54) is 96.3 Å². The van der Waals surface area contributed by atoms with E-state index in [2.05, 4.69) is 136 Å². The fourth-order valence-electron chi connectivity index (χ4n) is 9.27. The molecule has 0 bridgehead atoms. The van der Waals surface area contributed by atoms with Crippen LogP contribution in [-0.4, -0.2) is 95.9 Å². The molecule has 0 fully saturated rings. The summed E-state index contributed by atoms with van der Waals surface area (Å²) < 4.78 is 60.8. The lowest BCUT2D eigenvalue weighted by Crippen LogP contribution is -2.30. The van der Waals surface area contributed by atoms with Gasteiger partial charge in [-0.1, -0.05) is 270 Å². The maximum absolute atomic E-state index is 12.9. The number of unbranched alkanes of at least 4 members (excludes halogenated alkanes) is 23. The summed E-state index contributed by atoms with van der Waals surface area (Å²) in [6, 6.07) is 0. The van der Waals surface area contributed by atoms with E-state index >= 15 is 0 Å². The van der Waals surface area contributed by atoms with E-state index in [0.717, 1.165) is 116 Å². The Kier molecular flexibility index (Phi) is 66.4. The minimum absolute atomic E-state index is 0.0406. The van der Waals surface area contributed by atoms with Crippen LogP contribution in [0.3, 0.4) is 0 Å². The van der Waals surface area contributed by atoms with E-state index < -0.39 is 91.5 Å². The van der Waals surface area contributed by atoms with Gasteiger partial charge in [0.25, 0.3) is 0 Å². The molecule has 0 aliphatic heterocycles. The summed E-state index contributed by atoms with van der Waals surface area (Å²) in [6.45, 7) is 2.37. The zero-order chi connectivity index (χ0) is 69.5. The zero-order valence-electron chi connectivity index (χ0n) is 59.0. The highest BCUT2D eigenvalue weighted by Crippen LogP contribution is 2.45. The Hall–Kier alpha value is -4.31. The summed E-state index contributed by atoms with van der Waals surface area (Å²) in [5.74, 6) is -1.69. The van der Waals surface area contributed by atoms with Gasteiger partial charge in [-0.25, -0.2) is 9.13 Å². The molecule has 544 valence electrons. The molecule has 0 aliphatic carbocycles. The molecule has 0 heterocycles. The minimum Gasteiger partial charge on any atom is -0.463 e. The molecule has 0 aromatic rings. The number of aliphatic hydroxyl groups excluding tert-OH is 2. The predicted octanol–water partition coefficient (Wildman–Crippen LogP) is 20.8. The van der Waals surface area contributed by atoms with Crippen molar-refractivity contribution in [2.45, 2.75) is 296 Å². The Labute approximate surface area is 575 Å². The van der Waals surface area contributed by atoms with E-state index in [-0.39, 0.29) is 19.3 Å². The molecule has 5 atom stereocenters. The van der Waals surface area contributed by atoms with Gasteiger partial charge in [-0.2, -0.15) is 0 Å². The Morgan fingerprint density at radius 3 is 0.989 bits per heavy atom. The second kappa shape index (κ2) is 69.6. The number of ether oxygens (including phenoxy) is 3. The van der Waals surface area contributed by atoms with Gasteiger partial charge < -0.3 is 34.2 Å². The number of hydrogen-bond acceptors (Lipinski definition) is 14. The van der Waals surface area contributed by atoms with Gasteiger partial charge in [0.05, 0.1) is 26.4 Å². The summed E-state index contributed by atoms with van der Waals surface area (Å²) in [7, 11) is -9.80. The van der Waals surface area contributed by atoms with Crippen LogP contribution in [0.15, 0.2) is 134 Å². The van der Waals surface area contributed by atoms with Crippen molar-refractivity contribution >= 4 is 33.6 Å². The molecule has 0 spiro atoms. The normalized spacial score (nSPS) is 14.9. The minimum atomic E-state index is -4.94. The Morgan fingerprint density at radius 1 is 0.305 bits per heavy atom. The zero-order valence-corrected chi connectivity index (χ0v) is 60.8. The van der Waals surface area contributed by atoms with Crippen molar-refractivity contribution in [3.05, 3.63) is 134 Å². The van der Waals surface area contributed by atoms with Crippen LogP contribution in [0.25, 0.3) is 0 Å². The molecule has 95 heavy (non-hydrogen) atoms. The second-order valence-corrected chi connectivity index (χ2v) is 26.9. The van der Waals surface area contributed by atoms with Crippen molar-refractivity contribution in [2.75, 3.05) is 39.6 Å². The lowest BCUT2D eigenvalue weighted by molar-refractivity contribution is -0.161. The first kappa shape index (κ1) is 90.7. The molecular formula is C77H130O16P2. The maximum atomic E-state index is 12.9. The van der Waals surface area contributed by atoms with Crippen LogP contribution >= 0.6 is 15.6 Å². The van der Waals surface area contributed by atoms with Crippen LogP contribution in [-0.2, 0) is 55.8 Å². The highest BCUT2D eigenvalue weighted by molar-refractivity contribution is 7.47. The standard InChI is InChI=1S/C77H130O16P2/c1-4-7-10-13-16-19-22-24-26-28-30-31-32-33-34-35-36-37-38-39-41-43-44-46-49-51-54-57-60-63-75(80)87-66-72(78)67-89-94(83,84)90-68-73(79)69-91-95(85,86)92-71-74(93-77(82)65-62-59-56-53-48-21-18-15-12-9-6-3)70-88-76(81)64-61-58-55-52-50-47-45-42-40-29-27-25-23-20-17-14-11-8-5-2/h8,11,15-20,24-27,30-31,33-34,40,42,47,50,55,58,72-74,78-79H,4-7,9-10,12-14,21-23,28-29,32,35-39,41,43-46,48-49,51-54,56-57,59-71H2,1-3H3,(H,83,84)(H,85,86)/b11-8-,18-15-,19-16-,20-17-,26-24-,27-25-,31-30-,34-33-,42-40-,50-47-,58-55-. The number of phosphoric ester groups is 2. The molecule has 18 heteroatoms. The van der Waals surface area contributed by atoms with Gasteiger partial charge in [-0.05, 0) is 122 Å². The molecular weight excluding hydrogens is 1240 g/mol. The fourth-order valence-corrected chi connectivity index (χ4v) is 10.9. The Balaban J connectivity index is 4.50. The Bertz CT molecular complexity index is 2260. The summed E-state index contributed by atoms with van der Waals surface area (Å²) >= 11 is 0. The fraction of sp³-hybridized carbons (Fsp3) is 0.675. The van der Waals surface area contributed by atoms with E-state index in [1.807, 2.05) is 18.2 Å². The number of aliphatic hydroxyl groups is 2. The predicted molar refractivity (Wildman–Crippen MR) is 390 cm³/mol. The number of rotatable bonds is 68. The molecule has 0 aromatic carbocycles. The number of hydrogen-bond donors (Lipinski definition) is 4. The molecule has 0 aliphatic rings. The largest absolute Gasteiger partial charge is 0.472 e. The van der Waals surface area contributed by atoms with E-state index in [0.29, 0.717) is 25.7 Å². The number of esters is 3. The average molecular weight is 1370 g/mol. The van der Waals surface area contributed by atoms with Crippen molar-refractivity contribution < 1.29 is 75.8 Å². The van der Waals surface area contributed by atoms with Gasteiger partial charge in [0.15, 0.2) is 6.10 Å². The third kappa shape index (κ3) is 70.8. The smallest absolute Gasteiger partial charge is 0.463 e. The van der Waals surface area contributed by atoms with Gasteiger partial charge in [0.2, 0.25) is 0 Å². The summed E-state index contributed by atoms with van der Waals surface area (Å²) in [6.07, 6.45) is 82.6. The third-order valence-electron chi connectivity index (χ3n) is 14.8. The topological polar surface area (TPSA) is 231 Å². The quantitative estimate of drug-likeness (QED) is 0.0146. The SMILES string of the molecule is CC/C=C\C/C=C\C/C=C\C/C=C\C/C=C\C/C=C\CCC(=O)OCC(COP(=O)(O)OCC(O)COP(=O)(O)OCC(O)COC(=O)CCCCCCCCCCCCCCC/C=C\C/C=C\C/C=C\C/C=C\CCCCC)OC(=O)CCCCCCC/C=C\CCCC. The summed E-state index contributed by atoms with van der Waals surface area (Å²) in [5, 5.41) is 20.6. The lowest BCUT2D eigenvalue weighted by atomic mass is 10.0. The highest BCUT2D eigenvalue weighted by Gasteiger charge is 2.29. The van der Waals surface area contributed by atoms with E-state index in [1.54, 1.807) is 0 Å². The van der Waals surface area contributed by atoms with Gasteiger partial charge >= 0.3 is 33.6 Å². The number of phosphoric acid groups is 2. The van der Waals surface area contributed by atoms with Gasteiger partial charge in [-0.3, -0.25) is 32.5 Å². The molecule has 0 rings (SSSR count). The number of carbonyl (C=O) groups is 3. The third-order valence-corrected chi connectivity index (χ3v) is 16.7. The van der Waals surface area contributed by atoms with Gasteiger partial charge in [0, 0.05) is 19.3 Å². The van der Waals surface area contributed by atoms with Crippen molar-refractivity contribution in [3.63, 3.8) is 0 Å². The van der Waals surface area contributed by atoms with Crippen LogP contribution in [0.4, 0.5) is 0 Å². The first-order chi connectivity index (χ1) is 46.2. The summed E-state index contributed by atoms with van der Waals surface area (Å²) in [5.41, 5.74) is 0. The highest BCUT2D eigenvalue weighted by atomic mass is 31.2. The van der Waals surface area contributed by atoms with E-state index in [4.69, 9.17) is 32.3 Å². The van der Waals surface area contributed by atoms with Gasteiger partial charge in [-0.15, -0.1) is 0 Å².